The number of amides is 3. The molecule has 1 fully saturated rings. The molecule has 3 atom stereocenters. The van der Waals surface area contributed by atoms with Gasteiger partial charge in [-0.2, -0.15) is 0 Å². The molecule has 0 bridgehead atoms. The van der Waals surface area contributed by atoms with Crippen LogP contribution in [0.15, 0.2) is 36.4 Å². The fraction of sp³-hybridized carbons (Fsp3) is 0.538. The Bertz CT molecular complexity index is 882. The van der Waals surface area contributed by atoms with Crippen molar-refractivity contribution in [3.63, 3.8) is 0 Å². The lowest BCUT2D eigenvalue weighted by Gasteiger charge is -2.31. The molecule has 3 N–H and O–H groups in total. The maximum absolute atomic E-state index is 13.4. The quantitative estimate of drug-likeness (QED) is 0.429. The third-order valence-electron chi connectivity index (χ3n) is 5.72. The molecule has 3 amide bonds. The van der Waals surface area contributed by atoms with Gasteiger partial charge in [0.1, 0.15) is 6.04 Å². The molecular formula is C26H37N3O5. The predicted molar refractivity (Wildman–Crippen MR) is 130 cm³/mol. The van der Waals surface area contributed by atoms with Crippen LogP contribution < -0.4 is 10.7 Å². The van der Waals surface area contributed by atoms with Gasteiger partial charge in [0, 0.05) is 13.0 Å². The monoisotopic (exact) mass is 471 g/mol. The van der Waals surface area contributed by atoms with E-state index >= 15 is 0 Å². The average molecular weight is 472 g/mol. The molecule has 1 heterocycles. The van der Waals surface area contributed by atoms with Crippen molar-refractivity contribution in [1.29, 1.82) is 0 Å². The number of benzene rings is 1. The van der Waals surface area contributed by atoms with Gasteiger partial charge in [0.25, 0.3) is 5.91 Å². The molecule has 0 aliphatic carbocycles. The summed E-state index contributed by atoms with van der Waals surface area (Å²) in [4.78, 5) is 50.1. The number of allylic oxidation sites excluding steroid dienone is 1. The van der Waals surface area contributed by atoms with E-state index in [1.165, 1.54) is 5.01 Å². The molecule has 8 heteroatoms. The normalized spacial score (nSPS) is 17.6. The Morgan fingerprint density at radius 2 is 1.79 bits per heavy atom. The largest absolute Gasteiger partial charge is 0.481 e. The van der Waals surface area contributed by atoms with Gasteiger partial charge in [-0.1, -0.05) is 70.2 Å². The number of nitrogens with one attached hydrogen (secondary N) is 2. The second kappa shape index (κ2) is 12.9. The first-order valence-electron chi connectivity index (χ1n) is 11.9. The van der Waals surface area contributed by atoms with Crippen molar-refractivity contribution < 1.29 is 24.3 Å². The number of carboxylic acids is 1. The van der Waals surface area contributed by atoms with E-state index in [0.717, 1.165) is 5.56 Å². The minimum Gasteiger partial charge on any atom is -0.481 e. The highest BCUT2D eigenvalue weighted by Gasteiger charge is 2.37. The summed E-state index contributed by atoms with van der Waals surface area (Å²) in [5.74, 6) is -3.73. The van der Waals surface area contributed by atoms with Crippen LogP contribution in [0.5, 0.6) is 0 Å². The van der Waals surface area contributed by atoms with Gasteiger partial charge in [-0.3, -0.25) is 29.6 Å². The van der Waals surface area contributed by atoms with Gasteiger partial charge in [0.15, 0.2) is 0 Å². The lowest BCUT2D eigenvalue weighted by atomic mass is 9.82. The fourth-order valence-electron chi connectivity index (χ4n) is 4.07. The second-order valence-electron chi connectivity index (χ2n) is 9.71. The topological polar surface area (TPSA) is 116 Å². The molecule has 0 spiro atoms. The molecular weight excluding hydrogens is 434 g/mol. The Hall–Kier alpha value is -3.16. The smallest absolute Gasteiger partial charge is 0.307 e. The molecule has 1 aromatic carbocycles. The van der Waals surface area contributed by atoms with E-state index in [0.29, 0.717) is 12.8 Å². The predicted octanol–water partition coefficient (Wildman–Crippen LogP) is 3.25. The van der Waals surface area contributed by atoms with Gasteiger partial charge in [-0.25, -0.2) is 0 Å². The molecule has 1 aromatic rings. The second-order valence-corrected chi connectivity index (χ2v) is 9.71. The highest BCUT2D eigenvalue weighted by molar-refractivity contribution is 5.92. The van der Waals surface area contributed by atoms with Crippen LogP contribution in [-0.2, 0) is 19.2 Å². The third kappa shape index (κ3) is 8.32. The number of carbonyl (C=O) groups is 4. The first-order chi connectivity index (χ1) is 16.1. The maximum atomic E-state index is 13.4. The Labute approximate surface area is 201 Å². The van der Waals surface area contributed by atoms with Crippen molar-refractivity contribution in [3.8, 4) is 0 Å². The summed E-state index contributed by atoms with van der Waals surface area (Å²) >= 11 is 0. The minimum atomic E-state index is -1.05. The molecule has 0 saturated carbocycles. The van der Waals surface area contributed by atoms with Crippen LogP contribution in [0.1, 0.15) is 58.9 Å². The zero-order chi connectivity index (χ0) is 25.3. The van der Waals surface area contributed by atoms with Gasteiger partial charge in [0.2, 0.25) is 11.8 Å². The first kappa shape index (κ1) is 27.1. The summed E-state index contributed by atoms with van der Waals surface area (Å²) in [6.45, 7) is 7.96. The fourth-order valence-corrected chi connectivity index (χ4v) is 4.07. The van der Waals surface area contributed by atoms with E-state index < -0.39 is 29.8 Å². The summed E-state index contributed by atoms with van der Waals surface area (Å²) < 4.78 is 0. The minimum absolute atomic E-state index is 0.0639. The van der Waals surface area contributed by atoms with Gasteiger partial charge < -0.3 is 10.4 Å². The van der Waals surface area contributed by atoms with Crippen LogP contribution in [-0.4, -0.2) is 46.4 Å². The number of rotatable bonds is 11. The van der Waals surface area contributed by atoms with Gasteiger partial charge in [-0.15, -0.1) is 0 Å². The van der Waals surface area contributed by atoms with E-state index in [-0.39, 0.29) is 43.0 Å². The number of carbonyl (C=O) groups excluding carboxylic acids is 3. The van der Waals surface area contributed by atoms with Crippen LogP contribution in [0, 0.1) is 23.7 Å². The molecule has 1 saturated heterocycles. The molecule has 186 valence electrons. The van der Waals surface area contributed by atoms with Gasteiger partial charge in [0.05, 0.1) is 11.8 Å². The van der Waals surface area contributed by atoms with Crippen LogP contribution in [0.4, 0.5) is 0 Å². The molecule has 0 radical (unpaired) electrons. The average Bonchev–Trinajstić information content (AvgIpc) is 3.20. The highest BCUT2D eigenvalue weighted by Crippen LogP contribution is 2.26. The molecule has 8 nitrogen and oxygen atoms in total. The van der Waals surface area contributed by atoms with Crippen LogP contribution >= 0.6 is 0 Å². The molecule has 1 aliphatic heterocycles. The number of hydrogen-bond acceptors (Lipinski definition) is 4. The van der Waals surface area contributed by atoms with Crippen molar-refractivity contribution in [1.82, 2.24) is 15.8 Å². The molecule has 34 heavy (non-hydrogen) atoms. The number of nitrogens with zero attached hydrogens (tertiary/aromatic N) is 1. The lowest BCUT2D eigenvalue weighted by Crippen LogP contribution is -2.56. The van der Waals surface area contributed by atoms with Crippen molar-refractivity contribution in [3.05, 3.63) is 42.0 Å². The van der Waals surface area contributed by atoms with Crippen molar-refractivity contribution in [2.24, 2.45) is 23.7 Å². The van der Waals surface area contributed by atoms with Crippen LogP contribution in [0.3, 0.4) is 0 Å². The number of carboxylic acid groups (broad SMARTS) is 1. The summed E-state index contributed by atoms with van der Waals surface area (Å²) in [5.41, 5.74) is 3.64. The highest BCUT2D eigenvalue weighted by atomic mass is 16.4. The lowest BCUT2D eigenvalue weighted by molar-refractivity contribution is -0.151. The van der Waals surface area contributed by atoms with Crippen LogP contribution in [0.25, 0.3) is 6.08 Å². The van der Waals surface area contributed by atoms with E-state index in [4.69, 9.17) is 0 Å². The Morgan fingerprint density at radius 1 is 1.12 bits per heavy atom. The summed E-state index contributed by atoms with van der Waals surface area (Å²) in [7, 11) is 0. The Morgan fingerprint density at radius 3 is 2.32 bits per heavy atom. The first-order valence-corrected chi connectivity index (χ1v) is 11.9. The third-order valence-corrected chi connectivity index (χ3v) is 5.72. The van der Waals surface area contributed by atoms with E-state index in [1.807, 2.05) is 64.1 Å². The van der Waals surface area contributed by atoms with Crippen LogP contribution in [0.2, 0.25) is 0 Å². The molecule has 0 unspecified atom stereocenters. The van der Waals surface area contributed by atoms with Crippen molar-refractivity contribution in [2.45, 2.75) is 59.4 Å². The van der Waals surface area contributed by atoms with Crippen molar-refractivity contribution in [2.75, 3.05) is 6.54 Å². The van der Waals surface area contributed by atoms with E-state index in [2.05, 4.69) is 10.7 Å². The van der Waals surface area contributed by atoms with Crippen molar-refractivity contribution >= 4 is 29.8 Å². The number of hydrogen-bond donors (Lipinski definition) is 3. The summed E-state index contributed by atoms with van der Waals surface area (Å²) in [6, 6.07) is 8.86. The molecule has 1 aliphatic rings. The zero-order valence-electron chi connectivity index (χ0n) is 20.5. The molecule has 2 rings (SSSR count). The maximum Gasteiger partial charge on any atom is 0.307 e. The summed E-state index contributed by atoms with van der Waals surface area (Å²) in [6.07, 6.45) is 4.82. The SMILES string of the molecule is CC(C)C[C@@H](C(=O)NN(CC(C)C)C(=O)[C@@H]1CCC(=O)N1)[C@H](CC=Cc1ccccc1)C(=O)O. The Kier molecular flexibility index (Phi) is 10.3. The number of hydrazine groups is 1. The van der Waals surface area contributed by atoms with E-state index in [9.17, 15) is 24.3 Å². The standard InChI is InChI=1S/C26H37N3O5/c1-17(2)15-21(20(26(33)34)12-8-11-19-9-6-5-7-10-19)24(31)28-29(16-18(3)4)25(32)22-13-14-23(30)27-22/h5-11,17-18,20-22H,12-16H2,1-4H3,(H,27,30)(H,28,31)(H,33,34)/t20-,21+,22-/m0/s1. The van der Waals surface area contributed by atoms with Gasteiger partial charge >= 0.3 is 5.97 Å². The Balaban J connectivity index is 2.20. The number of aliphatic carboxylic acids is 1. The molecule has 0 aromatic heterocycles. The summed E-state index contributed by atoms with van der Waals surface area (Å²) in [5, 5.41) is 13.8. The zero-order valence-corrected chi connectivity index (χ0v) is 20.5. The van der Waals surface area contributed by atoms with E-state index in [1.54, 1.807) is 6.08 Å². The van der Waals surface area contributed by atoms with Gasteiger partial charge in [-0.05, 0) is 36.7 Å².